The number of halogens is 2. The molecule has 6 nitrogen and oxygen atoms in total. The zero-order valence-corrected chi connectivity index (χ0v) is 17.5. The molecule has 1 fully saturated rings. The van der Waals surface area contributed by atoms with Crippen molar-refractivity contribution in [3.05, 3.63) is 63.0 Å². The zero-order valence-electron chi connectivity index (χ0n) is 15.2. The second kappa shape index (κ2) is 9.35. The zero-order chi connectivity index (χ0) is 21.0. The van der Waals surface area contributed by atoms with E-state index in [1.165, 1.54) is 18.2 Å². The number of hydrogen-bond acceptors (Lipinski definition) is 6. The van der Waals surface area contributed by atoms with Crippen LogP contribution in [0.3, 0.4) is 0 Å². The van der Waals surface area contributed by atoms with Gasteiger partial charge in [-0.2, -0.15) is 0 Å². The van der Waals surface area contributed by atoms with Gasteiger partial charge >= 0.3 is 5.97 Å². The van der Waals surface area contributed by atoms with Crippen molar-refractivity contribution in [2.45, 2.75) is 6.92 Å². The van der Waals surface area contributed by atoms with Crippen molar-refractivity contribution in [1.29, 1.82) is 0 Å². The fourth-order valence-electron chi connectivity index (χ4n) is 2.55. The van der Waals surface area contributed by atoms with Crippen LogP contribution in [0.25, 0.3) is 6.08 Å². The third kappa shape index (κ3) is 4.93. The van der Waals surface area contributed by atoms with Crippen LogP contribution < -0.4 is 9.64 Å². The normalized spacial score (nSPS) is 15.1. The van der Waals surface area contributed by atoms with Crippen molar-refractivity contribution in [1.82, 2.24) is 0 Å². The smallest absolute Gasteiger partial charge is 0.344 e. The molecule has 0 spiro atoms. The average molecular weight is 452 g/mol. The van der Waals surface area contributed by atoms with E-state index in [4.69, 9.17) is 32.7 Å². The van der Waals surface area contributed by atoms with Crippen molar-refractivity contribution in [3.63, 3.8) is 0 Å². The molecule has 0 radical (unpaired) electrons. The first-order valence-electron chi connectivity index (χ1n) is 8.51. The second-order valence-electron chi connectivity index (χ2n) is 5.76. The van der Waals surface area contributed by atoms with Crippen LogP contribution >= 0.6 is 35.0 Å². The summed E-state index contributed by atoms with van der Waals surface area (Å²) in [6.45, 7) is 1.59. The Balaban J connectivity index is 1.81. The molecular formula is C20H15Cl2NO5S. The van der Waals surface area contributed by atoms with Gasteiger partial charge < -0.3 is 9.47 Å². The molecule has 0 aromatic heterocycles. The maximum Gasteiger partial charge on any atom is 0.344 e. The Morgan fingerprint density at radius 2 is 1.79 bits per heavy atom. The number of nitrogens with zero attached hydrogens (tertiary/aromatic N) is 1. The van der Waals surface area contributed by atoms with Crippen LogP contribution in [0.2, 0.25) is 10.0 Å². The fourth-order valence-corrected chi connectivity index (χ4v) is 4.01. The lowest BCUT2D eigenvalue weighted by Crippen LogP contribution is -2.27. The van der Waals surface area contributed by atoms with Gasteiger partial charge in [0.25, 0.3) is 11.1 Å². The van der Waals surface area contributed by atoms with E-state index in [2.05, 4.69) is 0 Å². The predicted octanol–water partition coefficient (Wildman–Crippen LogP) is 5.18. The number of rotatable bonds is 6. The molecule has 9 heteroatoms. The van der Waals surface area contributed by atoms with Crippen LogP contribution in [0.15, 0.2) is 47.4 Å². The van der Waals surface area contributed by atoms with Gasteiger partial charge in [0.05, 0.1) is 27.2 Å². The summed E-state index contributed by atoms with van der Waals surface area (Å²) < 4.78 is 10.1. The summed E-state index contributed by atoms with van der Waals surface area (Å²) in [4.78, 5) is 37.7. The fraction of sp³-hybridized carbons (Fsp3) is 0.150. The van der Waals surface area contributed by atoms with E-state index >= 15 is 0 Å². The van der Waals surface area contributed by atoms with Gasteiger partial charge in [-0.25, -0.2) is 9.69 Å². The Bertz CT molecular complexity index is 971. The predicted molar refractivity (Wildman–Crippen MR) is 113 cm³/mol. The Kier molecular flexibility index (Phi) is 6.84. The lowest BCUT2D eigenvalue weighted by molar-refractivity contribution is -0.145. The van der Waals surface area contributed by atoms with E-state index in [-0.39, 0.29) is 39.2 Å². The van der Waals surface area contributed by atoms with E-state index < -0.39 is 11.9 Å². The highest BCUT2D eigenvalue weighted by Crippen LogP contribution is 2.38. The number of thioether (sulfide) groups is 1. The molecule has 1 aliphatic rings. The van der Waals surface area contributed by atoms with E-state index in [0.29, 0.717) is 11.3 Å². The maximum atomic E-state index is 12.7. The number of benzene rings is 2. The molecule has 3 rings (SSSR count). The Hall–Kier alpha value is -2.48. The summed E-state index contributed by atoms with van der Waals surface area (Å²) >= 11 is 13.2. The first kappa shape index (κ1) is 21.2. The molecule has 1 aliphatic heterocycles. The molecule has 0 atom stereocenters. The summed E-state index contributed by atoms with van der Waals surface area (Å²) in [5.41, 5.74) is 1.01. The number of esters is 1. The van der Waals surface area contributed by atoms with E-state index in [1.54, 1.807) is 37.3 Å². The van der Waals surface area contributed by atoms with E-state index in [1.807, 2.05) is 0 Å². The SMILES string of the molecule is CCOC(=O)COc1c(Cl)cc(/C=C2\SC(=O)N(c3ccccc3)C2=O)cc1Cl. The van der Waals surface area contributed by atoms with Crippen molar-refractivity contribution in [3.8, 4) is 5.75 Å². The number of anilines is 1. The summed E-state index contributed by atoms with van der Waals surface area (Å²) in [5, 5.41) is -0.0651. The average Bonchev–Trinajstić information content (AvgIpc) is 2.95. The van der Waals surface area contributed by atoms with E-state index in [9.17, 15) is 14.4 Å². The lowest BCUT2D eigenvalue weighted by Gasteiger charge is -2.12. The second-order valence-corrected chi connectivity index (χ2v) is 7.57. The Morgan fingerprint density at radius 3 is 2.41 bits per heavy atom. The molecule has 29 heavy (non-hydrogen) atoms. The van der Waals surface area contributed by atoms with Gasteiger partial charge in [0.1, 0.15) is 0 Å². The molecule has 0 unspecified atom stereocenters. The summed E-state index contributed by atoms with van der Waals surface area (Å²) in [6, 6.07) is 11.7. The standard InChI is InChI=1S/C20H15Cl2NO5S/c1-2-27-17(24)11-28-18-14(21)8-12(9-15(18)22)10-16-19(25)23(20(26)29-16)13-6-4-3-5-7-13/h3-10H,2,11H2,1H3/b16-10-. The topological polar surface area (TPSA) is 72.9 Å². The molecule has 1 heterocycles. The van der Waals surface area contributed by atoms with Crippen LogP contribution in [-0.2, 0) is 14.3 Å². The lowest BCUT2D eigenvalue weighted by atomic mass is 10.2. The number of para-hydroxylation sites is 1. The highest BCUT2D eigenvalue weighted by molar-refractivity contribution is 8.19. The minimum atomic E-state index is -0.543. The van der Waals surface area contributed by atoms with Crippen molar-refractivity contribution in [2.24, 2.45) is 0 Å². The third-order valence-corrected chi connectivity index (χ3v) is 5.20. The highest BCUT2D eigenvalue weighted by atomic mass is 35.5. The third-order valence-electron chi connectivity index (χ3n) is 3.77. The minimum absolute atomic E-state index is 0.135. The molecule has 2 aromatic rings. The molecule has 0 bridgehead atoms. The van der Waals surface area contributed by atoms with Gasteiger partial charge in [-0.3, -0.25) is 9.59 Å². The van der Waals surface area contributed by atoms with Crippen molar-refractivity contribution in [2.75, 3.05) is 18.1 Å². The number of carbonyl (C=O) groups excluding carboxylic acids is 3. The van der Waals surface area contributed by atoms with Crippen molar-refractivity contribution < 1.29 is 23.9 Å². The summed E-state index contributed by atoms with van der Waals surface area (Å²) in [5.74, 6) is -0.838. The first-order valence-corrected chi connectivity index (χ1v) is 10.1. The van der Waals surface area contributed by atoms with Crippen LogP contribution in [0.4, 0.5) is 10.5 Å². The molecule has 2 amide bonds. The quantitative estimate of drug-likeness (QED) is 0.445. The number of ether oxygens (including phenoxy) is 2. The minimum Gasteiger partial charge on any atom is -0.479 e. The number of amides is 2. The highest BCUT2D eigenvalue weighted by Gasteiger charge is 2.36. The van der Waals surface area contributed by atoms with Crippen LogP contribution in [0, 0.1) is 0 Å². The monoisotopic (exact) mass is 451 g/mol. The van der Waals surface area contributed by atoms with E-state index in [0.717, 1.165) is 16.7 Å². The molecule has 1 saturated heterocycles. The van der Waals surface area contributed by atoms with Gasteiger partial charge in [0, 0.05) is 0 Å². The molecule has 150 valence electrons. The first-order chi connectivity index (χ1) is 13.9. The van der Waals surface area contributed by atoms with Crippen LogP contribution in [0.5, 0.6) is 5.75 Å². The van der Waals surface area contributed by atoms with Gasteiger partial charge in [-0.15, -0.1) is 0 Å². The maximum absolute atomic E-state index is 12.7. The molecular weight excluding hydrogens is 437 g/mol. The van der Waals surface area contributed by atoms with Gasteiger partial charge in [-0.05, 0) is 54.6 Å². The summed E-state index contributed by atoms with van der Waals surface area (Å²) in [7, 11) is 0. The molecule has 0 saturated carbocycles. The largest absolute Gasteiger partial charge is 0.479 e. The van der Waals surface area contributed by atoms with Crippen molar-refractivity contribution >= 4 is 63.8 Å². The number of carbonyl (C=O) groups is 3. The van der Waals surface area contributed by atoms with Crippen LogP contribution in [0.1, 0.15) is 12.5 Å². The Labute approximate surface area is 181 Å². The molecule has 0 aliphatic carbocycles. The van der Waals surface area contributed by atoms with Gasteiger partial charge in [-0.1, -0.05) is 41.4 Å². The number of imide groups is 1. The Morgan fingerprint density at radius 1 is 1.14 bits per heavy atom. The van der Waals surface area contributed by atoms with Gasteiger partial charge in [0.15, 0.2) is 12.4 Å². The molecule has 0 N–H and O–H groups in total. The molecule has 2 aromatic carbocycles. The summed E-state index contributed by atoms with van der Waals surface area (Å²) in [6.07, 6.45) is 1.53. The van der Waals surface area contributed by atoms with Gasteiger partial charge in [0.2, 0.25) is 0 Å². The number of hydrogen-bond donors (Lipinski definition) is 0. The van der Waals surface area contributed by atoms with Crippen LogP contribution in [-0.4, -0.2) is 30.3 Å².